The number of nitrogens with zero attached hydrogens (tertiary/aromatic N) is 3. The molecule has 1 saturated heterocycles. The van der Waals surface area contributed by atoms with Crippen LogP contribution < -0.4 is 5.32 Å². The summed E-state index contributed by atoms with van der Waals surface area (Å²) in [6.45, 7) is 6.94. The zero-order chi connectivity index (χ0) is 21.0. The lowest BCUT2D eigenvalue weighted by atomic mass is 10.1. The number of ether oxygens (including phenoxy) is 1. The third-order valence-corrected chi connectivity index (χ3v) is 4.96. The molecular formula is C21H28N4O4. The predicted octanol–water partition coefficient (Wildman–Crippen LogP) is 2.93. The van der Waals surface area contributed by atoms with Crippen molar-refractivity contribution in [1.29, 1.82) is 0 Å². The molecule has 2 amide bonds. The molecule has 8 nitrogen and oxygen atoms in total. The van der Waals surface area contributed by atoms with Gasteiger partial charge in [0.2, 0.25) is 5.89 Å². The number of carbonyl (C=O) groups excluding carboxylic acids is 2. The van der Waals surface area contributed by atoms with E-state index in [-0.39, 0.29) is 17.7 Å². The van der Waals surface area contributed by atoms with E-state index in [0.717, 1.165) is 18.4 Å². The number of nitrogens with one attached hydrogen (secondary N) is 1. The zero-order valence-corrected chi connectivity index (χ0v) is 17.4. The van der Waals surface area contributed by atoms with E-state index < -0.39 is 6.10 Å². The third-order valence-electron chi connectivity index (χ3n) is 4.96. The second kappa shape index (κ2) is 9.17. The summed E-state index contributed by atoms with van der Waals surface area (Å²) in [6.07, 6.45) is 1.70. The predicted molar refractivity (Wildman–Crippen MR) is 108 cm³/mol. The van der Waals surface area contributed by atoms with Crippen LogP contribution >= 0.6 is 0 Å². The fraction of sp³-hybridized carbons (Fsp3) is 0.524. The highest BCUT2D eigenvalue weighted by molar-refractivity contribution is 5.98. The number of amides is 2. The van der Waals surface area contributed by atoms with Crippen molar-refractivity contribution in [3.05, 3.63) is 41.0 Å². The average molecular weight is 400 g/mol. The van der Waals surface area contributed by atoms with Crippen molar-refractivity contribution in [3.63, 3.8) is 0 Å². The highest BCUT2D eigenvalue weighted by atomic mass is 16.5. The van der Waals surface area contributed by atoms with Crippen molar-refractivity contribution < 1.29 is 18.8 Å². The van der Waals surface area contributed by atoms with E-state index in [0.29, 0.717) is 42.5 Å². The number of hydrogen-bond donors (Lipinski definition) is 1. The molecule has 156 valence electrons. The summed E-state index contributed by atoms with van der Waals surface area (Å²) in [4.78, 5) is 31.1. The molecule has 1 aromatic carbocycles. The Bertz CT molecular complexity index is 871. The van der Waals surface area contributed by atoms with Crippen molar-refractivity contribution >= 4 is 17.5 Å². The molecule has 2 aromatic rings. The maximum atomic E-state index is 12.8. The Hall–Kier alpha value is -2.74. The van der Waals surface area contributed by atoms with E-state index in [2.05, 4.69) is 15.5 Å². The van der Waals surface area contributed by atoms with Crippen molar-refractivity contribution in [2.24, 2.45) is 0 Å². The molecule has 1 aliphatic rings. The number of carbonyl (C=O) groups is 2. The molecule has 29 heavy (non-hydrogen) atoms. The van der Waals surface area contributed by atoms with Crippen molar-refractivity contribution in [2.45, 2.75) is 52.1 Å². The largest absolute Gasteiger partial charge is 0.368 e. The zero-order valence-electron chi connectivity index (χ0n) is 17.4. The van der Waals surface area contributed by atoms with Crippen LogP contribution in [0.25, 0.3) is 0 Å². The maximum Gasteiger partial charge on any atom is 0.253 e. The molecule has 8 heteroatoms. The smallest absolute Gasteiger partial charge is 0.253 e. The van der Waals surface area contributed by atoms with Crippen LogP contribution in [0.4, 0.5) is 5.69 Å². The number of aryl methyl sites for hydroxylation is 1. The monoisotopic (exact) mass is 400 g/mol. The van der Waals surface area contributed by atoms with Crippen LogP contribution in [0, 0.1) is 6.92 Å². The lowest BCUT2D eigenvalue weighted by Gasteiger charge is -2.18. The average Bonchev–Trinajstić information content (AvgIpc) is 3.39. The highest BCUT2D eigenvalue weighted by Gasteiger charge is 2.24. The number of benzene rings is 1. The van der Waals surface area contributed by atoms with Gasteiger partial charge in [0, 0.05) is 43.8 Å². The van der Waals surface area contributed by atoms with Gasteiger partial charge in [0.25, 0.3) is 11.8 Å². The van der Waals surface area contributed by atoms with Gasteiger partial charge < -0.3 is 19.5 Å². The first-order valence-corrected chi connectivity index (χ1v) is 9.96. The first-order valence-electron chi connectivity index (χ1n) is 9.96. The van der Waals surface area contributed by atoms with E-state index in [1.807, 2.05) is 26.8 Å². The van der Waals surface area contributed by atoms with Crippen LogP contribution in [0.2, 0.25) is 0 Å². The fourth-order valence-electron chi connectivity index (χ4n) is 3.08. The van der Waals surface area contributed by atoms with Crippen molar-refractivity contribution in [3.8, 4) is 0 Å². The van der Waals surface area contributed by atoms with Crippen LogP contribution in [0.5, 0.6) is 0 Å². The van der Waals surface area contributed by atoms with Gasteiger partial charge >= 0.3 is 0 Å². The Kier molecular flexibility index (Phi) is 6.64. The van der Waals surface area contributed by atoms with Gasteiger partial charge in [-0.25, -0.2) is 0 Å². The standard InChI is InChI=1S/C21H28N4O4/c1-13(2)20-23-18(24-29-20)9-10-25(4)21(27)15-8-7-14(3)16(12-15)22-19(26)17-6-5-11-28-17/h7-8,12-13,17H,5-6,9-11H2,1-4H3,(H,22,26). The SMILES string of the molecule is Cc1ccc(C(=O)N(C)CCc2noc(C(C)C)n2)cc1NC(=O)C1CCCO1. The van der Waals surface area contributed by atoms with Crippen LogP contribution in [0.15, 0.2) is 22.7 Å². The molecule has 1 atom stereocenters. The van der Waals surface area contributed by atoms with Crippen LogP contribution in [0.1, 0.15) is 60.2 Å². The molecule has 0 bridgehead atoms. The maximum absolute atomic E-state index is 12.8. The Morgan fingerprint density at radius 3 is 2.79 bits per heavy atom. The van der Waals surface area contributed by atoms with Gasteiger partial charge in [-0.1, -0.05) is 25.1 Å². The van der Waals surface area contributed by atoms with Crippen LogP contribution in [0.3, 0.4) is 0 Å². The summed E-state index contributed by atoms with van der Waals surface area (Å²) in [5.41, 5.74) is 2.03. The summed E-state index contributed by atoms with van der Waals surface area (Å²) in [5.74, 6) is 1.05. The molecule has 1 N–H and O–H groups in total. The Morgan fingerprint density at radius 2 is 2.14 bits per heavy atom. The van der Waals surface area contributed by atoms with E-state index in [1.165, 1.54) is 0 Å². The lowest BCUT2D eigenvalue weighted by Crippen LogP contribution is -2.30. The first-order chi connectivity index (χ1) is 13.8. The molecule has 0 aliphatic carbocycles. The normalized spacial score (nSPS) is 16.2. The van der Waals surface area contributed by atoms with Gasteiger partial charge in [0.15, 0.2) is 5.82 Å². The minimum atomic E-state index is -0.415. The number of aromatic nitrogens is 2. The summed E-state index contributed by atoms with van der Waals surface area (Å²) in [5, 5.41) is 6.84. The summed E-state index contributed by atoms with van der Waals surface area (Å²) in [7, 11) is 1.73. The van der Waals surface area contributed by atoms with Gasteiger partial charge in [-0.2, -0.15) is 4.98 Å². The second-order valence-corrected chi connectivity index (χ2v) is 7.70. The molecule has 1 unspecified atom stereocenters. The molecule has 0 saturated carbocycles. The quantitative estimate of drug-likeness (QED) is 0.767. The van der Waals surface area contributed by atoms with E-state index in [1.54, 1.807) is 24.1 Å². The minimum absolute atomic E-state index is 0.134. The number of likely N-dealkylation sites (N-methyl/N-ethyl adjacent to an activating group) is 1. The van der Waals surface area contributed by atoms with Crippen molar-refractivity contribution in [2.75, 3.05) is 25.5 Å². The lowest BCUT2D eigenvalue weighted by molar-refractivity contribution is -0.124. The Morgan fingerprint density at radius 1 is 1.34 bits per heavy atom. The summed E-state index contributed by atoms with van der Waals surface area (Å²) >= 11 is 0. The van der Waals surface area contributed by atoms with Gasteiger partial charge in [-0.3, -0.25) is 9.59 Å². The van der Waals surface area contributed by atoms with E-state index in [9.17, 15) is 9.59 Å². The first kappa shape index (κ1) is 21.0. The Balaban J connectivity index is 1.62. The van der Waals surface area contributed by atoms with E-state index >= 15 is 0 Å². The molecule has 1 aromatic heterocycles. The third kappa shape index (κ3) is 5.20. The van der Waals surface area contributed by atoms with Crippen LogP contribution in [-0.4, -0.2) is 53.2 Å². The number of hydrogen-bond acceptors (Lipinski definition) is 6. The molecule has 0 radical (unpaired) electrons. The molecule has 0 spiro atoms. The van der Waals surface area contributed by atoms with Gasteiger partial charge in [0.05, 0.1) is 0 Å². The van der Waals surface area contributed by atoms with Gasteiger partial charge in [-0.05, 0) is 37.5 Å². The highest BCUT2D eigenvalue weighted by Crippen LogP contribution is 2.21. The fourth-order valence-corrected chi connectivity index (χ4v) is 3.08. The second-order valence-electron chi connectivity index (χ2n) is 7.70. The minimum Gasteiger partial charge on any atom is -0.368 e. The summed E-state index contributed by atoms with van der Waals surface area (Å²) in [6, 6.07) is 5.31. The Labute approximate surface area is 170 Å². The number of anilines is 1. The molecule has 1 aliphatic heterocycles. The van der Waals surface area contributed by atoms with Crippen LogP contribution in [-0.2, 0) is 16.0 Å². The van der Waals surface area contributed by atoms with Crippen molar-refractivity contribution in [1.82, 2.24) is 15.0 Å². The molecule has 2 heterocycles. The summed E-state index contributed by atoms with van der Waals surface area (Å²) < 4.78 is 10.6. The topological polar surface area (TPSA) is 97.6 Å². The molecule has 3 rings (SSSR count). The molecule has 1 fully saturated rings. The van der Waals surface area contributed by atoms with E-state index in [4.69, 9.17) is 9.26 Å². The number of rotatable bonds is 7. The van der Waals surface area contributed by atoms with Gasteiger partial charge in [-0.15, -0.1) is 0 Å². The van der Waals surface area contributed by atoms with Gasteiger partial charge in [0.1, 0.15) is 6.10 Å². The molecular weight excluding hydrogens is 372 g/mol.